The molecule has 1 aromatic carbocycles. The minimum atomic E-state index is -1.67. The summed E-state index contributed by atoms with van der Waals surface area (Å²) in [6, 6.07) is 8.05. The van der Waals surface area contributed by atoms with Crippen LogP contribution in [0.5, 0.6) is 5.75 Å². The van der Waals surface area contributed by atoms with Crippen LogP contribution >= 0.6 is 0 Å². The normalized spacial score (nSPS) is 15.5. The maximum atomic E-state index is 10.1. The molecule has 0 amide bonds. The summed E-state index contributed by atoms with van der Waals surface area (Å²) in [5.41, 5.74) is 3.14. The quantitative estimate of drug-likeness (QED) is 0.715. The summed E-state index contributed by atoms with van der Waals surface area (Å²) in [5.74, 6) is 0.359. The molecule has 0 radical (unpaired) electrons. The first kappa shape index (κ1) is 10.5. The van der Waals surface area contributed by atoms with Crippen LogP contribution in [0.1, 0.15) is 5.56 Å². The van der Waals surface area contributed by atoms with Crippen LogP contribution in [-0.4, -0.2) is 18.2 Å². The lowest BCUT2D eigenvalue weighted by atomic mass is 10.1. The number of aromatic hydroxyl groups is 1. The molecular formula is C14H15NOSi. The van der Waals surface area contributed by atoms with Gasteiger partial charge in [0.25, 0.3) is 0 Å². The molecule has 0 saturated heterocycles. The molecule has 1 N–H and O–H groups in total. The van der Waals surface area contributed by atoms with E-state index in [1.807, 2.05) is 12.3 Å². The summed E-state index contributed by atoms with van der Waals surface area (Å²) in [5, 5.41) is 12.7. The average Bonchev–Trinajstić information content (AvgIpc) is 2.50. The zero-order chi connectivity index (χ0) is 12.2. The van der Waals surface area contributed by atoms with Gasteiger partial charge in [-0.3, -0.25) is 4.98 Å². The van der Waals surface area contributed by atoms with E-state index >= 15 is 0 Å². The minimum absolute atomic E-state index is 0.359. The molecule has 0 saturated carbocycles. The summed E-state index contributed by atoms with van der Waals surface area (Å²) in [4.78, 5) is 4.53. The molecule has 1 aliphatic heterocycles. The highest BCUT2D eigenvalue weighted by molar-refractivity contribution is 7.03. The Morgan fingerprint density at radius 1 is 1.18 bits per heavy atom. The lowest BCUT2D eigenvalue weighted by Crippen LogP contribution is -2.49. The largest absolute Gasteiger partial charge is 0.507 e. The molecule has 0 aliphatic carbocycles. The Kier molecular flexibility index (Phi) is 1.98. The second kappa shape index (κ2) is 3.20. The summed E-state index contributed by atoms with van der Waals surface area (Å²) >= 11 is 0. The van der Waals surface area contributed by atoms with Crippen molar-refractivity contribution in [2.45, 2.75) is 20.0 Å². The molecule has 2 aromatic rings. The number of aryl methyl sites for hydroxylation is 1. The van der Waals surface area contributed by atoms with Gasteiger partial charge in [-0.15, -0.1) is 0 Å². The highest BCUT2D eigenvalue weighted by atomic mass is 28.3. The van der Waals surface area contributed by atoms with Crippen molar-refractivity contribution in [3.63, 3.8) is 0 Å². The third-order valence-corrected chi connectivity index (χ3v) is 7.14. The Balaban J connectivity index is 2.43. The maximum absolute atomic E-state index is 10.1. The number of benzene rings is 1. The lowest BCUT2D eigenvalue weighted by molar-refractivity contribution is 0.477. The fraction of sp³-hybridized carbons (Fsp3) is 0.214. The van der Waals surface area contributed by atoms with E-state index in [9.17, 15) is 5.11 Å². The van der Waals surface area contributed by atoms with E-state index in [1.54, 1.807) is 6.07 Å². The molecule has 0 fully saturated rings. The van der Waals surface area contributed by atoms with Crippen LogP contribution in [0.25, 0.3) is 11.3 Å². The Hall–Kier alpha value is -1.61. The van der Waals surface area contributed by atoms with Crippen LogP contribution in [-0.2, 0) is 0 Å². The SMILES string of the molecule is Cc1cnc2c(c1)[Si](C)(C)c1cccc(O)c1-2. The van der Waals surface area contributed by atoms with Gasteiger partial charge < -0.3 is 5.11 Å². The van der Waals surface area contributed by atoms with Gasteiger partial charge in [-0.1, -0.05) is 31.3 Å². The van der Waals surface area contributed by atoms with Crippen molar-refractivity contribution in [2.24, 2.45) is 0 Å². The first-order valence-corrected chi connectivity index (χ1v) is 8.82. The fourth-order valence-corrected chi connectivity index (χ4v) is 5.74. The highest BCUT2D eigenvalue weighted by Crippen LogP contribution is 2.33. The average molecular weight is 241 g/mol. The van der Waals surface area contributed by atoms with Crippen LogP contribution in [0.15, 0.2) is 30.5 Å². The number of fused-ring (bicyclic) bond motifs is 3. The molecule has 1 aromatic heterocycles. The predicted octanol–water partition coefficient (Wildman–Crippen LogP) is 1.90. The molecule has 17 heavy (non-hydrogen) atoms. The van der Waals surface area contributed by atoms with Crippen LogP contribution in [0.3, 0.4) is 0 Å². The Labute approximate surface area is 102 Å². The number of nitrogens with zero attached hydrogens (tertiary/aromatic N) is 1. The number of hydrogen-bond acceptors (Lipinski definition) is 2. The predicted molar refractivity (Wildman–Crippen MR) is 72.8 cm³/mol. The van der Waals surface area contributed by atoms with E-state index in [0.717, 1.165) is 11.3 Å². The third-order valence-electron chi connectivity index (χ3n) is 3.65. The van der Waals surface area contributed by atoms with E-state index in [-0.39, 0.29) is 0 Å². The monoisotopic (exact) mass is 241 g/mol. The Bertz CT molecular complexity index is 620. The van der Waals surface area contributed by atoms with Gasteiger partial charge in [-0.2, -0.15) is 0 Å². The molecule has 0 spiro atoms. The molecule has 0 atom stereocenters. The summed E-state index contributed by atoms with van der Waals surface area (Å²) in [7, 11) is -1.67. The first-order chi connectivity index (χ1) is 8.01. The minimum Gasteiger partial charge on any atom is -0.507 e. The number of phenolic OH excluding ortho intramolecular Hbond substituents is 1. The second-order valence-corrected chi connectivity index (χ2v) is 9.56. The van der Waals surface area contributed by atoms with Gasteiger partial charge in [0.15, 0.2) is 0 Å². The van der Waals surface area contributed by atoms with Gasteiger partial charge in [-0.05, 0) is 28.9 Å². The molecule has 3 rings (SSSR count). The van der Waals surface area contributed by atoms with E-state index < -0.39 is 8.07 Å². The Morgan fingerprint density at radius 3 is 2.71 bits per heavy atom. The molecule has 3 heteroatoms. The van der Waals surface area contributed by atoms with E-state index in [4.69, 9.17) is 0 Å². The van der Waals surface area contributed by atoms with Gasteiger partial charge in [0, 0.05) is 11.8 Å². The van der Waals surface area contributed by atoms with Crippen molar-refractivity contribution in [1.82, 2.24) is 4.98 Å². The number of pyridine rings is 1. The molecule has 0 bridgehead atoms. The molecule has 1 aliphatic rings. The van der Waals surface area contributed by atoms with E-state index in [1.165, 1.54) is 15.9 Å². The second-order valence-electron chi connectivity index (χ2n) is 5.23. The van der Waals surface area contributed by atoms with Crippen molar-refractivity contribution in [2.75, 3.05) is 0 Å². The number of hydrogen-bond donors (Lipinski definition) is 1. The molecular weight excluding hydrogens is 226 g/mol. The lowest BCUT2D eigenvalue weighted by Gasteiger charge is -2.18. The van der Waals surface area contributed by atoms with Crippen molar-refractivity contribution < 1.29 is 5.11 Å². The molecule has 0 unspecified atom stereocenters. The highest BCUT2D eigenvalue weighted by Gasteiger charge is 2.39. The third kappa shape index (κ3) is 1.29. The zero-order valence-corrected chi connectivity index (χ0v) is 11.3. The smallest absolute Gasteiger partial charge is 0.124 e. The first-order valence-electron chi connectivity index (χ1n) is 5.82. The van der Waals surface area contributed by atoms with Crippen molar-refractivity contribution in [3.8, 4) is 17.0 Å². The number of phenols is 1. The molecule has 2 nitrogen and oxygen atoms in total. The van der Waals surface area contributed by atoms with Gasteiger partial charge in [0.1, 0.15) is 13.8 Å². The number of rotatable bonds is 0. The maximum Gasteiger partial charge on any atom is 0.124 e. The van der Waals surface area contributed by atoms with Crippen LogP contribution < -0.4 is 10.4 Å². The summed E-state index contributed by atoms with van der Waals surface area (Å²) < 4.78 is 0. The van der Waals surface area contributed by atoms with Crippen molar-refractivity contribution >= 4 is 18.4 Å². The van der Waals surface area contributed by atoms with Gasteiger partial charge in [0.05, 0.1) is 5.69 Å². The zero-order valence-electron chi connectivity index (χ0n) is 10.3. The fourth-order valence-electron chi connectivity index (χ4n) is 2.70. The van der Waals surface area contributed by atoms with Gasteiger partial charge in [0.2, 0.25) is 0 Å². The molecule has 86 valence electrons. The Morgan fingerprint density at radius 2 is 1.94 bits per heavy atom. The van der Waals surface area contributed by atoms with Gasteiger partial charge in [-0.25, -0.2) is 0 Å². The van der Waals surface area contributed by atoms with Crippen molar-refractivity contribution in [3.05, 3.63) is 36.0 Å². The van der Waals surface area contributed by atoms with Crippen LogP contribution in [0.2, 0.25) is 13.1 Å². The van der Waals surface area contributed by atoms with Crippen LogP contribution in [0.4, 0.5) is 0 Å². The molecule has 2 heterocycles. The van der Waals surface area contributed by atoms with E-state index in [0.29, 0.717) is 5.75 Å². The van der Waals surface area contributed by atoms with Crippen molar-refractivity contribution in [1.29, 1.82) is 0 Å². The summed E-state index contributed by atoms with van der Waals surface area (Å²) in [6.45, 7) is 6.71. The standard InChI is InChI=1S/C14H15NOSi/c1-9-7-12-14(15-8-9)13-10(16)5-4-6-11(13)17(12,2)3/h4-8,16H,1-3H3. The van der Waals surface area contributed by atoms with Gasteiger partial charge >= 0.3 is 0 Å². The van der Waals surface area contributed by atoms with Crippen LogP contribution in [0, 0.1) is 6.92 Å². The van der Waals surface area contributed by atoms with E-state index in [2.05, 4.69) is 37.1 Å². The topological polar surface area (TPSA) is 33.1 Å². The number of aromatic nitrogens is 1. The summed E-state index contributed by atoms with van der Waals surface area (Å²) in [6.07, 6.45) is 1.88.